The lowest BCUT2D eigenvalue weighted by Crippen LogP contribution is -2.41. The van der Waals surface area contributed by atoms with Crippen molar-refractivity contribution in [3.05, 3.63) is 22.4 Å². The molecule has 0 radical (unpaired) electrons. The Kier molecular flexibility index (Phi) is 3.94. The first-order chi connectivity index (χ1) is 8.47. The minimum atomic E-state index is -4.15. The summed E-state index contributed by atoms with van der Waals surface area (Å²) in [5.74, 6) is -1.54. The predicted molar refractivity (Wildman–Crippen MR) is 63.6 cm³/mol. The van der Waals surface area contributed by atoms with Crippen molar-refractivity contribution in [1.29, 1.82) is 0 Å². The SMILES string of the molecule is O=C(NC1CCCC(C(F)(F)F)C1)c1cccs1. The van der Waals surface area contributed by atoms with Gasteiger partial charge in [0, 0.05) is 6.04 Å². The molecule has 0 aromatic carbocycles. The lowest BCUT2D eigenvalue weighted by Gasteiger charge is -2.30. The lowest BCUT2D eigenvalue weighted by atomic mass is 9.85. The molecule has 1 aliphatic carbocycles. The smallest absolute Gasteiger partial charge is 0.349 e. The third-order valence-corrected chi connectivity index (χ3v) is 4.09. The van der Waals surface area contributed by atoms with Crippen molar-refractivity contribution in [2.75, 3.05) is 0 Å². The number of nitrogens with one attached hydrogen (secondary N) is 1. The number of amides is 1. The minimum absolute atomic E-state index is 0.000610. The Hall–Kier alpha value is -1.04. The van der Waals surface area contributed by atoms with Crippen LogP contribution in [-0.4, -0.2) is 18.1 Å². The van der Waals surface area contributed by atoms with Gasteiger partial charge in [-0.15, -0.1) is 11.3 Å². The molecule has 1 aromatic heterocycles. The molecule has 1 aliphatic rings. The van der Waals surface area contributed by atoms with Crippen molar-refractivity contribution in [1.82, 2.24) is 5.32 Å². The number of carbonyl (C=O) groups excluding carboxylic acids is 1. The molecule has 2 unspecified atom stereocenters. The third kappa shape index (κ3) is 3.25. The number of alkyl halides is 3. The first kappa shape index (κ1) is 13.4. The highest BCUT2D eigenvalue weighted by molar-refractivity contribution is 7.12. The molecule has 1 N–H and O–H groups in total. The summed E-state index contributed by atoms with van der Waals surface area (Å²) in [4.78, 5) is 12.3. The lowest BCUT2D eigenvalue weighted by molar-refractivity contribution is -0.183. The van der Waals surface area contributed by atoms with E-state index in [-0.39, 0.29) is 24.8 Å². The summed E-state index contributed by atoms with van der Waals surface area (Å²) in [5.41, 5.74) is 0. The van der Waals surface area contributed by atoms with Gasteiger partial charge in [-0.1, -0.05) is 12.5 Å². The maximum atomic E-state index is 12.6. The van der Waals surface area contributed by atoms with Crippen LogP contribution in [-0.2, 0) is 0 Å². The van der Waals surface area contributed by atoms with Crippen molar-refractivity contribution < 1.29 is 18.0 Å². The highest BCUT2D eigenvalue weighted by Crippen LogP contribution is 2.37. The fraction of sp³-hybridized carbons (Fsp3) is 0.583. The van der Waals surface area contributed by atoms with Crippen molar-refractivity contribution in [3.8, 4) is 0 Å². The van der Waals surface area contributed by atoms with Gasteiger partial charge in [0.25, 0.3) is 5.91 Å². The van der Waals surface area contributed by atoms with E-state index in [0.29, 0.717) is 17.7 Å². The molecule has 2 atom stereocenters. The normalized spacial score (nSPS) is 24.8. The summed E-state index contributed by atoms with van der Waals surface area (Å²) in [6, 6.07) is 3.06. The van der Waals surface area contributed by atoms with E-state index in [1.165, 1.54) is 11.3 Å². The van der Waals surface area contributed by atoms with Crippen LogP contribution in [0.1, 0.15) is 35.4 Å². The molecule has 18 heavy (non-hydrogen) atoms. The summed E-state index contributed by atoms with van der Waals surface area (Å²) in [5, 5.41) is 4.47. The average molecular weight is 277 g/mol. The topological polar surface area (TPSA) is 29.1 Å². The fourth-order valence-electron chi connectivity index (χ4n) is 2.28. The second kappa shape index (κ2) is 5.30. The van der Waals surface area contributed by atoms with Crippen LogP contribution in [0.4, 0.5) is 13.2 Å². The van der Waals surface area contributed by atoms with Crippen LogP contribution in [0.15, 0.2) is 17.5 Å². The van der Waals surface area contributed by atoms with E-state index in [9.17, 15) is 18.0 Å². The molecule has 6 heteroatoms. The highest BCUT2D eigenvalue weighted by atomic mass is 32.1. The van der Waals surface area contributed by atoms with E-state index in [2.05, 4.69) is 5.32 Å². The minimum Gasteiger partial charge on any atom is -0.349 e. The van der Waals surface area contributed by atoms with Gasteiger partial charge in [0.1, 0.15) is 0 Å². The third-order valence-electron chi connectivity index (χ3n) is 3.22. The molecule has 2 rings (SSSR count). The maximum Gasteiger partial charge on any atom is 0.391 e. The zero-order valence-corrected chi connectivity index (χ0v) is 10.5. The summed E-state index contributed by atoms with van der Waals surface area (Å²) in [6.07, 6.45) is -2.83. The van der Waals surface area contributed by atoms with Gasteiger partial charge in [-0.25, -0.2) is 0 Å². The molecule has 1 heterocycles. The Balaban J connectivity index is 1.92. The first-order valence-electron chi connectivity index (χ1n) is 5.88. The zero-order chi connectivity index (χ0) is 13.2. The van der Waals surface area contributed by atoms with Crippen LogP contribution in [0, 0.1) is 5.92 Å². The van der Waals surface area contributed by atoms with Crippen LogP contribution >= 0.6 is 11.3 Å². The summed E-state index contributed by atoms with van der Waals surface area (Å²) in [7, 11) is 0. The fourth-order valence-corrected chi connectivity index (χ4v) is 2.91. The Morgan fingerprint density at radius 3 is 2.78 bits per heavy atom. The molecular formula is C12H14F3NOS. The van der Waals surface area contributed by atoms with E-state index < -0.39 is 12.1 Å². The standard InChI is InChI=1S/C12H14F3NOS/c13-12(14,15)8-3-1-4-9(7-8)16-11(17)10-5-2-6-18-10/h2,5-6,8-9H,1,3-4,7H2,(H,16,17). The number of halogens is 3. The molecule has 0 saturated heterocycles. The average Bonchev–Trinajstić information content (AvgIpc) is 2.81. The highest BCUT2D eigenvalue weighted by Gasteiger charge is 2.42. The van der Waals surface area contributed by atoms with Crippen molar-refractivity contribution in [2.24, 2.45) is 5.92 Å². The Morgan fingerprint density at radius 1 is 1.39 bits per heavy atom. The molecule has 0 bridgehead atoms. The van der Waals surface area contributed by atoms with Gasteiger partial charge < -0.3 is 5.32 Å². The molecule has 1 amide bonds. The van der Waals surface area contributed by atoms with Gasteiger partial charge in [0.2, 0.25) is 0 Å². The van der Waals surface area contributed by atoms with Crippen LogP contribution in [0.3, 0.4) is 0 Å². The largest absolute Gasteiger partial charge is 0.391 e. The van der Waals surface area contributed by atoms with Crippen molar-refractivity contribution >= 4 is 17.2 Å². The monoisotopic (exact) mass is 277 g/mol. The van der Waals surface area contributed by atoms with E-state index in [4.69, 9.17) is 0 Å². The van der Waals surface area contributed by atoms with Gasteiger partial charge in [0.15, 0.2) is 0 Å². The van der Waals surface area contributed by atoms with E-state index >= 15 is 0 Å². The number of thiophene rings is 1. The molecule has 1 aromatic rings. The summed E-state index contributed by atoms with van der Waals surface area (Å²) in [6.45, 7) is 0. The molecular weight excluding hydrogens is 263 g/mol. The predicted octanol–water partition coefficient (Wildman–Crippen LogP) is 3.60. The second-order valence-electron chi connectivity index (χ2n) is 4.55. The first-order valence-corrected chi connectivity index (χ1v) is 6.76. The van der Waals surface area contributed by atoms with Gasteiger partial charge in [-0.05, 0) is 30.7 Å². The maximum absolute atomic E-state index is 12.6. The Labute approximate surface area is 107 Å². The summed E-state index contributed by atoms with van der Waals surface area (Å²) >= 11 is 1.29. The zero-order valence-electron chi connectivity index (χ0n) is 9.67. The number of hydrogen-bond acceptors (Lipinski definition) is 2. The second-order valence-corrected chi connectivity index (χ2v) is 5.50. The molecule has 0 spiro atoms. The molecule has 0 aliphatic heterocycles. The van der Waals surface area contributed by atoms with Gasteiger partial charge in [0.05, 0.1) is 10.8 Å². The van der Waals surface area contributed by atoms with Gasteiger partial charge in [-0.2, -0.15) is 13.2 Å². The van der Waals surface area contributed by atoms with Crippen molar-refractivity contribution in [2.45, 2.75) is 37.9 Å². The quantitative estimate of drug-likeness (QED) is 0.879. The van der Waals surface area contributed by atoms with Crippen LogP contribution in [0.5, 0.6) is 0 Å². The van der Waals surface area contributed by atoms with E-state index in [1.807, 2.05) is 0 Å². The Morgan fingerprint density at radius 2 is 2.17 bits per heavy atom. The number of hydrogen-bond donors (Lipinski definition) is 1. The van der Waals surface area contributed by atoms with Crippen LogP contribution in [0.2, 0.25) is 0 Å². The van der Waals surface area contributed by atoms with Crippen LogP contribution < -0.4 is 5.32 Å². The number of rotatable bonds is 2. The van der Waals surface area contributed by atoms with Gasteiger partial charge >= 0.3 is 6.18 Å². The Bertz CT molecular complexity index is 402. The summed E-state index contributed by atoms with van der Waals surface area (Å²) < 4.78 is 37.8. The van der Waals surface area contributed by atoms with Gasteiger partial charge in [-0.3, -0.25) is 4.79 Å². The van der Waals surface area contributed by atoms with E-state index in [1.54, 1.807) is 17.5 Å². The molecule has 1 fully saturated rings. The molecule has 1 saturated carbocycles. The van der Waals surface area contributed by atoms with E-state index in [0.717, 1.165) is 0 Å². The molecule has 100 valence electrons. The van der Waals surface area contributed by atoms with Crippen LogP contribution in [0.25, 0.3) is 0 Å². The molecule has 2 nitrogen and oxygen atoms in total. The number of carbonyl (C=O) groups is 1. The van der Waals surface area contributed by atoms with Crippen molar-refractivity contribution in [3.63, 3.8) is 0 Å².